The summed E-state index contributed by atoms with van der Waals surface area (Å²) in [5, 5.41) is 3.11. The Morgan fingerprint density at radius 3 is 2.75 bits per heavy atom. The first-order valence-electron chi connectivity index (χ1n) is 5.20. The molecular formula is C13H14FNS. The monoisotopic (exact) mass is 235 g/mol. The lowest BCUT2D eigenvalue weighted by Gasteiger charge is -2.00. The smallest absolute Gasteiger partial charge is 0.126 e. The van der Waals surface area contributed by atoms with Gasteiger partial charge in [-0.25, -0.2) is 4.39 Å². The molecule has 0 fully saturated rings. The van der Waals surface area contributed by atoms with Gasteiger partial charge in [-0.2, -0.15) is 0 Å². The molecule has 1 N–H and O–H groups in total. The number of hydrogen-bond acceptors (Lipinski definition) is 2. The molecule has 1 aromatic heterocycles. The summed E-state index contributed by atoms with van der Waals surface area (Å²) in [6.07, 6.45) is 0. The van der Waals surface area contributed by atoms with Crippen LogP contribution in [-0.2, 0) is 6.54 Å². The molecule has 0 aliphatic rings. The summed E-state index contributed by atoms with van der Waals surface area (Å²) < 4.78 is 13.4. The van der Waals surface area contributed by atoms with Crippen molar-refractivity contribution in [1.82, 2.24) is 5.32 Å². The van der Waals surface area contributed by atoms with Crippen molar-refractivity contribution in [3.8, 4) is 10.4 Å². The third kappa shape index (κ3) is 2.31. The van der Waals surface area contributed by atoms with E-state index in [1.165, 1.54) is 4.88 Å². The molecule has 2 rings (SSSR count). The summed E-state index contributed by atoms with van der Waals surface area (Å²) >= 11 is 1.70. The van der Waals surface area contributed by atoms with Crippen molar-refractivity contribution in [3.63, 3.8) is 0 Å². The zero-order valence-electron chi connectivity index (χ0n) is 9.38. The number of hydrogen-bond donors (Lipinski definition) is 1. The van der Waals surface area contributed by atoms with Crippen molar-refractivity contribution in [1.29, 1.82) is 0 Å². The van der Waals surface area contributed by atoms with Gasteiger partial charge >= 0.3 is 0 Å². The third-order valence-corrected chi connectivity index (χ3v) is 3.60. The number of rotatable bonds is 3. The molecule has 0 radical (unpaired) electrons. The van der Waals surface area contributed by atoms with Crippen LogP contribution in [0.1, 0.15) is 10.4 Å². The van der Waals surface area contributed by atoms with Crippen LogP contribution in [0, 0.1) is 12.7 Å². The first-order valence-corrected chi connectivity index (χ1v) is 6.02. The topological polar surface area (TPSA) is 12.0 Å². The van der Waals surface area contributed by atoms with Gasteiger partial charge in [0.05, 0.1) is 0 Å². The Kier molecular flexibility index (Phi) is 3.36. The minimum absolute atomic E-state index is 0.138. The number of aryl methyl sites for hydroxylation is 1. The van der Waals surface area contributed by atoms with Crippen molar-refractivity contribution in [3.05, 3.63) is 46.6 Å². The van der Waals surface area contributed by atoms with Crippen molar-refractivity contribution < 1.29 is 4.39 Å². The minimum Gasteiger partial charge on any atom is -0.315 e. The zero-order chi connectivity index (χ0) is 11.5. The van der Waals surface area contributed by atoms with E-state index in [2.05, 4.69) is 11.4 Å². The SMILES string of the molecule is CNCc1ccc(-c2ccc(C)c(F)c2)s1. The molecule has 2 aromatic rings. The second kappa shape index (κ2) is 4.76. The Labute approximate surface area is 98.9 Å². The minimum atomic E-state index is -0.138. The summed E-state index contributed by atoms with van der Waals surface area (Å²) in [6, 6.07) is 9.51. The summed E-state index contributed by atoms with van der Waals surface area (Å²) in [6.45, 7) is 2.64. The van der Waals surface area contributed by atoms with Crippen LogP contribution >= 0.6 is 11.3 Å². The molecule has 0 aliphatic heterocycles. The molecule has 84 valence electrons. The molecule has 0 aliphatic carbocycles. The molecular weight excluding hydrogens is 221 g/mol. The van der Waals surface area contributed by atoms with Crippen LogP contribution < -0.4 is 5.32 Å². The molecule has 1 heterocycles. The Morgan fingerprint density at radius 2 is 2.06 bits per heavy atom. The number of benzene rings is 1. The van der Waals surface area contributed by atoms with Crippen LogP contribution in [0.15, 0.2) is 30.3 Å². The van der Waals surface area contributed by atoms with Gasteiger partial charge in [0.1, 0.15) is 5.82 Å². The van der Waals surface area contributed by atoms with Crippen LogP contribution in [0.2, 0.25) is 0 Å². The summed E-state index contributed by atoms with van der Waals surface area (Å²) in [5.74, 6) is -0.138. The van der Waals surface area contributed by atoms with Gasteiger partial charge in [-0.15, -0.1) is 11.3 Å². The highest BCUT2D eigenvalue weighted by molar-refractivity contribution is 7.15. The third-order valence-electron chi connectivity index (χ3n) is 2.47. The van der Waals surface area contributed by atoms with Crippen LogP contribution in [-0.4, -0.2) is 7.05 Å². The van der Waals surface area contributed by atoms with Crippen molar-refractivity contribution >= 4 is 11.3 Å². The van der Waals surface area contributed by atoms with Gasteiger partial charge in [0, 0.05) is 16.3 Å². The van der Waals surface area contributed by atoms with E-state index >= 15 is 0 Å². The molecule has 0 atom stereocenters. The van der Waals surface area contributed by atoms with Gasteiger partial charge in [-0.1, -0.05) is 12.1 Å². The molecule has 1 aromatic carbocycles. The molecule has 0 spiro atoms. The Balaban J connectivity index is 2.31. The lowest BCUT2D eigenvalue weighted by molar-refractivity contribution is 0.619. The molecule has 0 saturated heterocycles. The van der Waals surface area contributed by atoms with Crippen LogP contribution in [0.25, 0.3) is 10.4 Å². The number of thiophene rings is 1. The maximum Gasteiger partial charge on any atom is 0.126 e. The van der Waals surface area contributed by atoms with E-state index < -0.39 is 0 Å². The van der Waals surface area contributed by atoms with E-state index in [4.69, 9.17) is 0 Å². The second-order valence-corrected chi connectivity index (χ2v) is 4.93. The zero-order valence-corrected chi connectivity index (χ0v) is 10.2. The molecule has 3 heteroatoms. The highest BCUT2D eigenvalue weighted by atomic mass is 32.1. The van der Waals surface area contributed by atoms with E-state index in [1.807, 2.05) is 25.2 Å². The maximum atomic E-state index is 13.4. The summed E-state index contributed by atoms with van der Waals surface area (Å²) in [5.41, 5.74) is 1.64. The molecule has 0 saturated carbocycles. The van der Waals surface area contributed by atoms with Crippen molar-refractivity contribution in [2.45, 2.75) is 13.5 Å². The van der Waals surface area contributed by atoms with Gasteiger partial charge < -0.3 is 5.32 Å². The second-order valence-electron chi connectivity index (χ2n) is 3.76. The summed E-state index contributed by atoms with van der Waals surface area (Å²) in [4.78, 5) is 2.38. The largest absolute Gasteiger partial charge is 0.315 e. The fraction of sp³-hybridized carbons (Fsp3) is 0.231. The Morgan fingerprint density at radius 1 is 1.25 bits per heavy atom. The first kappa shape index (κ1) is 11.3. The van der Waals surface area contributed by atoms with Crippen molar-refractivity contribution in [2.75, 3.05) is 7.05 Å². The maximum absolute atomic E-state index is 13.4. The van der Waals surface area contributed by atoms with E-state index in [0.29, 0.717) is 5.56 Å². The highest BCUT2D eigenvalue weighted by Crippen LogP contribution is 2.29. The average Bonchev–Trinajstić information content (AvgIpc) is 2.71. The van der Waals surface area contributed by atoms with Crippen molar-refractivity contribution in [2.24, 2.45) is 0 Å². The first-order chi connectivity index (χ1) is 7.70. The quantitative estimate of drug-likeness (QED) is 0.857. The molecule has 16 heavy (non-hydrogen) atoms. The van der Waals surface area contributed by atoms with Gasteiger partial charge in [-0.05, 0) is 43.3 Å². The van der Waals surface area contributed by atoms with Gasteiger partial charge in [0.15, 0.2) is 0 Å². The number of halogens is 1. The lowest BCUT2D eigenvalue weighted by atomic mass is 10.1. The van der Waals surface area contributed by atoms with Gasteiger partial charge in [0.25, 0.3) is 0 Å². The van der Waals surface area contributed by atoms with E-state index in [-0.39, 0.29) is 5.82 Å². The van der Waals surface area contributed by atoms with E-state index in [9.17, 15) is 4.39 Å². The fourth-order valence-corrected chi connectivity index (χ4v) is 2.56. The molecule has 0 amide bonds. The normalized spacial score (nSPS) is 10.7. The fourth-order valence-electron chi connectivity index (χ4n) is 1.55. The predicted molar refractivity (Wildman–Crippen MR) is 67.2 cm³/mol. The Bertz CT molecular complexity index is 490. The van der Waals surface area contributed by atoms with E-state index in [1.54, 1.807) is 24.3 Å². The Hall–Kier alpha value is -1.19. The molecule has 0 unspecified atom stereocenters. The number of nitrogens with one attached hydrogen (secondary N) is 1. The lowest BCUT2D eigenvalue weighted by Crippen LogP contribution is -2.02. The van der Waals surface area contributed by atoms with Gasteiger partial charge in [0.2, 0.25) is 0 Å². The van der Waals surface area contributed by atoms with E-state index in [0.717, 1.165) is 17.0 Å². The molecule has 0 bridgehead atoms. The van der Waals surface area contributed by atoms with Gasteiger partial charge in [-0.3, -0.25) is 0 Å². The standard InChI is InChI=1S/C13H14FNS/c1-9-3-4-10(7-12(9)14)13-6-5-11(16-13)8-15-2/h3-7,15H,8H2,1-2H3. The average molecular weight is 235 g/mol. The summed E-state index contributed by atoms with van der Waals surface area (Å²) in [7, 11) is 1.92. The van der Waals surface area contributed by atoms with Crippen LogP contribution in [0.5, 0.6) is 0 Å². The van der Waals surface area contributed by atoms with Crippen LogP contribution in [0.4, 0.5) is 4.39 Å². The highest BCUT2D eigenvalue weighted by Gasteiger charge is 2.04. The molecule has 1 nitrogen and oxygen atoms in total. The predicted octanol–water partition coefficient (Wildman–Crippen LogP) is 3.58. The van der Waals surface area contributed by atoms with Crippen LogP contribution in [0.3, 0.4) is 0 Å².